The number of aliphatic imine (C=N–C) groups is 1. The molecule has 12 heavy (non-hydrogen) atoms. The van der Waals surface area contributed by atoms with E-state index in [0.29, 0.717) is 6.54 Å². The summed E-state index contributed by atoms with van der Waals surface area (Å²) in [6, 6.07) is 0. The van der Waals surface area contributed by atoms with Gasteiger partial charge in [0, 0.05) is 11.1 Å². The van der Waals surface area contributed by atoms with Gasteiger partial charge >= 0.3 is 0 Å². The number of hydrogen-bond donors (Lipinski definition) is 2. The summed E-state index contributed by atoms with van der Waals surface area (Å²) < 4.78 is 0. The molecule has 5 heteroatoms. The van der Waals surface area contributed by atoms with Crippen molar-refractivity contribution in [2.45, 2.75) is 19.9 Å². The second-order valence-electron chi connectivity index (χ2n) is 2.31. The lowest BCUT2D eigenvalue weighted by molar-refractivity contribution is 1.02. The highest BCUT2D eigenvalue weighted by molar-refractivity contribution is 7.11. The molecule has 0 atom stereocenters. The highest BCUT2D eigenvalue weighted by Crippen LogP contribution is 2.13. The van der Waals surface area contributed by atoms with Crippen molar-refractivity contribution in [3.05, 3.63) is 16.1 Å². The molecule has 4 nitrogen and oxygen atoms in total. The van der Waals surface area contributed by atoms with Crippen molar-refractivity contribution in [2.24, 2.45) is 16.5 Å². The molecule has 1 rings (SSSR count). The van der Waals surface area contributed by atoms with Crippen LogP contribution in [0.15, 0.2) is 11.2 Å². The van der Waals surface area contributed by atoms with Gasteiger partial charge in [-0.05, 0) is 6.42 Å². The van der Waals surface area contributed by atoms with Crippen molar-refractivity contribution >= 4 is 17.3 Å². The Bertz CT molecular complexity index is 275. The predicted octanol–water partition coefficient (Wildman–Crippen LogP) is 0.479. The van der Waals surface area contributed by atoms with E-state index in [0.717, 1.165) is 11.4 Å². The maximum atomic E-state index is 5.18. The van der Waals surface area contributed by atoms with E-state index in [4.69, 9.17) is 11.5 Å². The minimum atomic E-state index is 0.114. The second-order valence-corrected chi connectivity index (χ2v) is 3.51. The van der Waals surface area contributed by atoms with Crippen molar-refractivity contribution in [1.82, 2.24) is 4.98 Å². The molecular formula is C7H12N4S. The van der Waals surface area contributed by atoms with Crippen LogP contribution in [-0.2, 0) is 13.0 Å². The Morgan fingerprint density at radius 2 is 2.42 bits per heavy atom. The summed E-state index contributed by atoms with van der Waals surface area (Å²) in [5, 5.41) is 0.959. The first-order valence-corrected chi connectivity index (χ1v) is 4.53. The van der Waals surface area contributed by atoms with E-state index >= 15 is 0 Å². The van der Waals surface area contributed by atoms with Crippen LogP contribution >= 0.6 is 11.3 Å². The van der Waals surface area contributed by atoms with Gasteiger partial charge < -0.3 is 11.5 Å². The Balaban J connectivity index is 2.58. The number of nitrogens with zero attached hydrogens (tertiary/aromatic N) is 2. The van der Waals surface area contributed by atoms with Crippen LogP contribution in [0.2, 0.25) is 0 Å². The molecule has 0 radical (unpaired) electrons. The first-order chi connectivity index (χ1) is 5.72. The molecule has 0 saturated heterocycles. The summed E-state index contributed by atoms with van der Waals surface area (Å²) in [7, 11) is 0. The second kappa shape index (κ2) is 4.06. The van der Waals surface area contributed by atoms with E-state index in [1.54, 1.807) is 11.3 Å². The van der Waals surface area contributed by atoms with Gasteiger partial charge in [-0.25, -0.2) is 9.98 Å². The zero-order chi connectivity index (χ0) is 8.97. The summed E-state index contributed by atoms with van der Waals surface area (Å²) in [4.78, 5) is 9.28. The Kier molecular flexibility index (Phi) is 3.04. The summed E-state index contributed by atoms with van der Waals surface area (Å²) in [6.45, 7) is 2.59. The number of rotatable bonds is 3. The summed E-state index contributed by atoms with van der Waals surface area (Å²) in [5.41, 5.74) is 10.4. The zero-order valence-corrected chi connectivity index (χ0v) is 7.77. The zero-order valence-electron chi connectivity index (χ0n) is 6.95. The quantitative estimate of drug-likeness (QED) is 0.530. The van der Waals surface area contributed by atoms with Crippen molar-refractivity contribution in [3.8, 4) is 0 Å². The fourth-order valence-corrected chi connectivity index (χ4v) is 1.53. The molecule has 0 aliphatic rings. The molecule has 0 fully saturated rings. The maximum absolute atomic E-state index is 5.18. The van der Waals surface area contributed by atoms with Crippen LogP contribution in [0.4, 0.5) is 0 Å². The molecule has 0 aliphatic heterocycles. The molecule has 0 unspecified atom stereocenters. The molecule has 0 aliphatic carbocycles. The van der Waals surface area contributed by atoms with Crippen LogP contribution in [0.3, 0.4) is 0 Å². The predicted molar refractivity (Wildman–Crippen MR) is 51.0 cm³/mol. The molecule has 4 N–H and O–H groups in total. The summed E-state index contributed by atoms with van der Waals surface area (Å²) >= 11 is 1.65. The van der Waals surface area contributed by atoms with E-state index in [1.165, 1.54) is 4.88 Å². The molecule has 1 heterocycles. The van der Waals surface area contributed by atoms with Gasteiger partial charge in [-0.2, -0.15) is 0 Å². The van der Waals surface area contributed by atoms with Gasteiger partial charge in [0.2, 0.25) is 0 Å². The smallest absolute Gasteiger partial charge is 0.186 e. The molecule has 1 aromatic heterocycles. The average molecular weight is 184 g/mol. The van der Waals surface area contributed by atoms with E-state index < -0.39 is 0 Å². The number of aromatic nitrogens is 1. The first-order valence-electron chi connectivity index (χ1n) is 3.71. The molecule has 0 spiro atoms. The van der Waals surface area contributed by atoms with E-state index in [-0.39, 0.29) is 5.96 Å². The molecule has 0 saturated carbocycles. The maximum Gasteiger partial charge on any atom is 0.186 e. The normalized spacial score (nSPS) is 9.75. The topological polar surface area (TPSA) is 77.3 Å². The number of nitrogens with two attached hydrogens (primary N) is 2. The number of aryl methyl sites for hydroxylation is 1. The lowest BCUT2D eigenvalue weighted by Crippen LogP contribution is -2.22. The van der Waals surface area contributed by atoms with Crippen molar-refractivity contribution in [1.29, 1.82) is 0 Å². The Hall–Kier alpha value is -1.10. The van der Waals surface area contributed by atoms with Gasteiger partial charge in [-0.1, -0.05) is 6.92 Å². The van der Waals surface area contributed by atoms with E-state index in [9.17, 15) is 0 Å². The number of thiazole rings is 1. The van der Waals surface area contributed by atoms with Crippen LogP contribution in [-0.4, -0.2) is 10.9 Å². The van der Waals surface area contributed by atoms with Crippen LogP contribution in [0.1, 0.15) is 16.8 Å². The SMILES string of the molecule is CCc1cnc(CN=C(N)N)s1. The van der Waals surface area contributed by atoms with Crippen LogP contribution < -0.4 is 11.5 Å². The third-order valence-corrected chi connectivity index (χ3v) is 2.47. The first kappa shape index (κ1) is 8.99. The fourth-order valence-electron chi connectivity index (χ4n) is 0.743. The minimum Gasteiger partial charge on any atom is -0.370 e. The number of guanidine groups is 1. The van der Waals surface area contributed by atoms with Crippen molar-refractivity contribution in [3.63, 3.8) is 0 Å². The number of hydrogen-bond acceptors (Lipinski definition) is 3. The van der Waals surface area contributed by atoms with Gasteiger partial charge in [0.25, 0.3) is 0 Å². The Labute approximate surface area is 75.3 Å². The van der Waals surface area contributed by atoms with Crippen molar-refractivity contribution in [2.75, 3.05) is 0 Å². The van der Waals surface area contributed by atoms with Crippen LogP contribution in [0.25, 0.3) is 0 Å². The highest BCUT2D eigenvalue weighted by atomic mass is 32.1. The molecule has 0 aromatic carbocycles. The monoisotopic (exact) mass is 184 g/mol. The average Bonchev–Trinajstić information content (AvgIpc) is 2.48. The largest absolute Gasteiger partial charge is 0.370 e. The Morgan fingerprint density at radius 3 is 2.92 bits per heavy atom. The van der Waals surface area contributed by atoms with Crippen molar-refractivity contribution < 1.29 is 0 Å². The van der Waals surface area contributed by atoms with Gasteiger partial charge in [0.1, 0.15) is 5.01 Å². The van der Waals surface area contributed by atoms with Gasteiger partial charge in [0.05, 0.1) is 6.54 Å². The minimum absolute atomic E-state index is 0.114. The summed E-state index contributed by atoms with van der Waals surface area (Å²) in [5.74, 6) is 0.114. The molecule has 0 bridgehead atoms. The molecular weight excluding hydrogens is 172 g/mol. The molecule has 1 aromatic rings. The molecule has 0 amide bonds. The van der Waals surface area contributed by atoms with Crippen LogP contribution in [0.5, 0.6) is 0 Å². The standard InChI is InChI=1S/C7H12N4S/c1-2-5-3-10-6(12-5)4-11-7(8)9/h3H,2,4H2,1H3,(H4,8,9,11). The highest BCUT2D eigenvalue weighted by Gasteiger charge is 1.98. The van der Waals surface area contributed by atoms with Gasteiger partial charge in [-0.3, -0.25) is 0 Å². The lowest BCUT2D eigenvalue weighted by atomic mass is 10.4. The third kappa shape index (κ3) is 2.50. The van der Waals surface area contributed by atoms with E-state index in [2.05, 4.69) is 16.9 Å². The van der Waals surface area contributed by atoms with Gasteiger partial charge in [0.15, 0.2) is 5.96 Å². The van der Waals surface area contributed by atoms with Crippen LogP contribution in [0, 0.1) is 0 Å². The summed E-state index contributed by atoms with van der Waals surface area (Å²) in [6.07, 6.45) is 2.88. The lowest BCUT2D eigenvalue weighted by Gasteiger charge is -1.89. The van der Waals surface area contributed by atoms with Gasteiger partial charge in [-0.15, -0.1) is 11.3 Å². The Morgan fingerprint density at radius 1 is 1.67 bits per heavy atom. The van der Waals surface area contributed by atoms with E-state index in [1.807, 2.05) is 6.20 Å². The third-order valence-electron chi connectivity index (χ3n) is 1.35. The fraction of sp³-hybridized carbons (Fsp3) is 0.429. The molecule has 66 valence electrons.